The van der Waals surface area contributed by atoms with Crippen LogP contribution in [0.4, 0.5) is 11.4 Å². The van der Waals surface area contributed by atoms with Crippen LogP contribution in [0.5, 0.6) is 0 Å². The molecule has 1 radical (unpaired) electrons. The van der Waals surface area contributed by atoms with Gasteiger partial charge in [0.2, 0.25) is 35.4 Å². The van der Waals surface area contributed by atoms with Crippen molar-refractivity contribution in [2.75, 3.05) is 36.8 Å². The van der Waals surface area contributed by atoms with Gasteiger partial charge in [-0.3, -0.25) is 38.4 Å². The maximum atomic E-state index is 13.4. The number of nitrogens with one attached hydrogen (secondary N) is 4. The first-order chi connectivity index (χ1) is 49.2. The van der Waals surface area contributed by atoms with E-state index in [1.807, 2.05) is 206 Å². The van der Waals surface area contributed by atoms with E-state index in [4.69, 9.17) is 0 Å². The Morgan fingerprint density at radius 2 is 0.653 bits per heavy atom. The average Bonchev–Trinajstić information content (AvgIpc) is 1.67. The van der Waals surface area contributed by atoms with E-state index in [0.29, 0.717) is 76.1 Å². The van der Waals surface area contributed by atoms with Crippen LogP contribution in [0.15, 0.2) is 223 Å². The molecule has 4 aliphatic heterocycles. The number of rotatable bonds is 20. The summed E-state index contributed by atoms with van der Waals surface area (Å²) in [5.41, 5.74) is 12.7. The monoisotopic (exact) mass is 1360 g/mol. The molecule has 19 heteroatoms. The van der Waals surface area contributed by atoms with Crippen LogP contribution in [0.3, 0.4) is 0 Å². The Bertz CT molecular complexity index is 4300. The van der Waals surface area contributed by atoms with Gasteiger partial charge < -0.3 is 40.2 Å². The molecule has 4 saturated heterocycles. The molecule has 6 heterocycles. The predicted molar refractivity (Wildman–Crippen MR) is 399 cm³/mol. The van der Waals surface area contributed by atoms with Crippen molar-refractivity contribution in [2.45, 2.75) is 114 Å². The number of aromatic amines is 2. The molecule has 4 atom stereocenters. The molecule has 101 heavy (non-hydrogen) atoms. The van der Waals surface area contributed by atoms with Crippen molar-refractivity contribution in [1.29, 1.82) is 0 Å². The van der Waals surface area contributed by atoms with Crippen molar-refractivity contribution >= 4 is 101 Å². The molecule has 4 N–H and O–H groups in total. The molecule has 17 nitrogen and oxygen atoms in total. The fourth-order valence-corrected chi connectivity index (χ4v) is 14.4. The summed E-state index contributed by atoms with van der Waals surface area (Å²) >= 11 is 3.19. The van der Waals surface area contributed by atoms with Crippen LogP contribution < -0.4 is 10.6 Å². The Morgan fingerprint density at radius 1 is 0.366 bits per heavy atom. The van der Waals surface area contributed by atoms with Crippen molar-refractivity contribution in [3.8, 4) is 22.5 Å². The number of carbonyl (C=O) groups excluding carboxylic acids is 8. The number of carbonyl (C=O) groups is 8. The van der Waals surface area contributed by atoms with Crippen molar-refractivity contribution in [3.63, 3.8) is 0 Å². The van der Waals surface area contributed by atoms with Crippen LogP contribution in [-0.2, 0) is 76.9 Å². The Balaban J connectivity index is 0.000000184. The molecule has 0 spiro atoms. The first-order valence-electron chi connectivity index (χ1n) is 34.7. The topological polar surface area (TPSA) is 218 Å². The number of amides is 6. The number of aromatic nitrogens is 2. The van der Waals surface area contributed by atoms with Crippen LogP contribution in [0, 0.1) is 0 Å². The minimum atomic E-state index is -0.475. The Morgan fingerprint density at radius 3 is 0.960 bits per heavy atom. The number of nitrogens with zero attached hydrogens (tertiary/aromatic N) is 5. The molecule has 0 unspecified atom stereocenters. The van der Waals surface area contributed by atoms with E-state index < -0.39 is 12.1 Å². The molecule has 2 aromatic heterocycles. The van der Waals surface area contributed by atoms with Crippen LogP contribution in [0.2, 0.25) is 0 Å². The van der Waals surface area contributed by atoms with Crippen LogP contribution in [-0.4, -0.2) is 135 Å². The van der Waals surface area contributed by atoms with Gasteiger partial charge >= 0.3 is 24.8 Å². The second-order valence-corrected chi connectivity index (χ2v) is 26.6. The fraction of sp³-hybridized carbons (Fsp3) is 0.268. The van der Waals surface area contributed by atoms with Crippen LogP contribution >= 0.6 is 12.8 Å². The van der Waals surface area contributed by atoms with Gasteiger partial charge in [-0.1, -0.05) is 158 Å². The number of thiol groups is 1. The predicted octanol–water partition coefficient (Wildman–Crippen LogP) is 12.9. The summed E-state index contributed by atoms with van der Waals surface area (Å²) in [6, 6.07) is 68.4. The number of H-pyrrole nitrogens is 2. The van der Waals surface area contributed by atoms with Gasteiger partial charge in [0.05, 0.1) is 37.8 Å². The number of hydrogen-bond acceptors (Lipinski definition) is 10. The van der Waals surface area contributed by atoms with Crippen molar-refractivity contribution < 1.29 is 38.4 Å². The molecule has 4 aliphatic rings. The zero-order valence-corrected chi connectivity index (χ0v) is 57.2. The number of ketones is 2. The zero-order chi connectivity index (χ0) is 70.2. The standard InChI is InChI=1S/2C41H40N4O4.BHNS/c2*46-38(36-13-7-21-44(36)39(47)25-28-9-3-1-4-10-28)24-30-15-20-34-32(23-30)27-35(43-34)31-16-18-33(19-17-31)42-41(49)37-14-8-22-45(37)40(48)26-29-11-5-2-6-12-29;1-2-3/h2*1-6,9-12,15-20,23,27,36-37,43H,7-8,13-14,21-22,24-26H2,(H,42,49);3H/t2*36-,37-;/m00./s1. The number of anilines is 2. The van der Waals surface area contributed by atoms with Crippen molar-refractivity contribution in [2.24, 2.45) is 4.30 Å². The minimum absolute atomic E-state index is 0.00723. The molecule has 6 amide bonds. The summed E-state index contributed by atoms with van der Waals surface area (Å²) in [4.78, 5) is 119. The summed E-state index contributed by atoms with van der Waals surface area (Å²) in [5.74, 6) is -0.220. The summed E-state index contributed by atoms with van der Waals surface area (Å²) in [6.07, 6.45) is 7.77. The second kappa shape index (κ2) is 33.4. The number of hydrogen-bond donors (Lipinski definition) is 5. The molecule has 14 rings (SSSR count). The summed E-state index contributed by atoms with van der Waals surface area (Å²) < 4.78 is 2.69. The van der Waals surface area contributed by atoms with Crippen LogP contribution in [0.1, 0.15) is 84.7 Å². The number of benzene rings is 8. The maximum absolute atomic E-state index is 13.4. The molecule has 0 bridgehead atoms. The molecular weight excluding hydrogens is 1280 g/mol. The van der Waals surface area contributed by atoms with Gasteiger partial charge in [-0.2, -0.15) is 0 Å². The molecule has 0 aliphatic carbocycles. The van der Waals surface area contributed by atoms with Crippen molar-refractivity contribution in [1.82, 2.24) is 29.6 Å². The van der Waals surface area contributed by atoms with Gasteiger partial charge in [0.25, 0.3) is 0 Å². The van der Waals surface area contributed by atoms with Gasteiger partial charge in [0, 0.05) is 83.6 Å². The van der Waals surface area contributed by atoms with E-state index in [1.54, 1.807) is 19.6 Å². The van der Waals surface area contributed by atoms with E-state index in [0.717, 1.165) is 103 Å². The normalized spacial score (nSPS) is 17.0. The molecule has 10 aromatic rings. The first kappa shape index (κ1) is 70.1. The van der Waals surface area contributed by atoms with Gasteiger partial charge in [-0.15, -0.1) is 0 Å². The van der Waals surface area contributed by atoms with E-state index in [1.165, 1.54) is 0 Å². The molecule has 4 fully saturated rings. The molecule has 511 valence electrons. The number of Topliss-reactive ketones (excluding diaryl/α,β-unsaturated/α-hetero) is 2. The Kier molecular flexibility index (Phi) is 23.2. The van der Waals surface area contributed by atoms with Gasteiger partial charge in [-0.05, 0) is 157 Å². The quantitative estimate of drug-likeness (QED) is 0.0364. The number of fused-ring (bicyclic) bond motifs is 2. The van der Waals surface area contributed by atoms with Gasteiger partial charge in [0.15, 0.2) is 11.6 Å². The van der Waals surface area contributed by atoms with E-state index >= 15 is 0 Å². The fourth-order valence-electron chi connectivity index (χ4n) is 14.4. The molecular formula is C82H81BN9O8S. The average molecular weight is 1360 g/mol. The van der Waals surface area contributed by atoms with E-state index in [9.17, 15) is 38.4 Å². The third-order valence-electron chi connectivity index (χ3n) is 19.5. The molecule has 0 saturated carbocycles. The summed E-state index contributed by atoms with van der Waals surface area (Å²) in [7, 11) is 4.34. The van der Waals surface area contributed by atoms with Gasteiger partial charge in [-0.25, -0.2) is 0 Å². The van der Waals surface area contributed by atoms with Gasteiger partial charge in [0.1, 0.15) is 12.1 Å². The Hall–Kier alpha value is -10.8. The third kappa shape index (κ3) is 17.8. The Labute approximate surface area is 594 Å². The second-order valence-electron chi connectivity index (χ2n) is 26.4. The summed E-state index contributed by atoms with van der Waals surface area (Å²) in [5, 5.41) is 8.02. The van der Waals surface area contributed by atoms with Crippen LogP contribution in [0.25, 0.3) is 44.3 Å². The first-order valence-corrected chi connectivity index (χ1v) is 35.1. The van der Waals surface area contributed by atoms with E-state index in [2.05, 4.69) is 57.5 Å². The zero-order valence-electron chi connectivity index (χ0n) is 56.3. The summed E-state index contributed by atoms with van der Waals surface area (Å²) in [6.45, 7) is 2.43. The van der Waals surface area contributed by atoms with E-state index in [-0.39, 0.29) is 84.8 Å². The number of likely N-dealkylation sites (tertiary alicyclic amines) is 4. The molecule has 8 aromatic carbocycles. The van der Waals surface area contributed by atoms with Crippen molar-refractivity contribution in [3.05, 3.63) is 252 Å². The SMILES string of the molecule is O=C(Cc1ccc2[nH]c(-c3ccc(NC(=O)[C@@H]4CCCN4C(=O)Cc4ccccc4)cc3)cc2c1)[C@@H]1CCCN1C(=O)Cc1ccccc1.O=C(Cc1ccc2[nH]c(-c3ccc(NC(=O)[C@@H]4CCCN4C(=O)Cc4ccccc4)cc3)cc2c1)[C@@H]1CCCN1C(=O)Cc1ccccc1.[B]=NS. The third-order valence-corrected chi connectivity index (χ3v) is 19.5.